The van der Waals surface area contributed by atoms with Gasteiger partial charge in [-0.25, -0.2) is 0 Å². The van der Waals surface area contributed by atoms with Crippen molar-refractivity contribution in [2.24, 2.45) is 5.92 Å². The second kappa shape index (κ2) is 28.6. The molecule has 4 heteroatoms. The van der Waals surface area contributed by atoms with Gasteiger partial charge in [0.25, 0.3) is 0 Å². The smallest absolute Gasteiger partial charge is 0.305 e. The highest BCUT2D eigenvalue weighted by atomic mass is 16.5. The van der Waals surface area contributed by atoms with Crippen LogP contribution in [-0.2, 0) is 9.53 Å². The first-order valence-corrected chi connectivity index (χ1v) is 15.2. The Morgan fingerprint density at radius 2 is 1.15 bits per heavy atom. The summed E-state index contributed by atoms with van der Waals surface area (Å²) in [4.78, 5) is 12.1. The third kappa shape index (κ3) is 26.0. The van der Waals surface area contributed by atoms with Gasteiger partial charge in [-0.1, -0.05) is 123 Å². The van der Waals surface area contributed by atoms with Crippen LogP contribution in [0.5, 0.6) is 0 Å². The molecule has 0 aliphatic carbocycles. The van der Waals surface area contributed by atoms with E-state index in [9.17, 15) is 4.79 Å². The van der Waals surface area contributed by atoms with Crippen LogP contribution in [0.1, 0.15) is 155 Å². The SMILES string of the molecule is CCCCCCCCC(CCCCCCCC)CCOC(=O)CCCCCCCNCCCO. The summed E-state index contributed by atoms with van der Waals surface area (Å²) in [5.41, 5.74) is 0. The van der Waals surface area contributed by atoms with Crippen molar-refractivity contribution in [3.05, 3.63) is 0 Å². The van der Waals surface area contributed by atoms with Gasteiger partial charge in [0.2, 0.25) is 0 Å². The maximum atomic E-state index is 12.1. The first-order valence-electron chi connectivity index (χ1n) is 15.2. The van der Waals surface area contributed by atoms with Gasteiger partial charge in [-0.2, -0.15) is 0 Å². The van der Waals surface area contributed by atoms with Crippen LogP contribution in [0.25, 0.3) is 0 Å². The van der Waals surface area contributed by atoms with Crippen LogP contribution in [0.4, 0.5) is 0 Å². The molecule has 0 aliphatic heterocycles. The van der Waals surface area contributed by atoms with Gasteiger partial charge in [0, 0.05) is 13.0 Å². The van der Waals surface area contributed by atoms with E-state index in [0.29, 0.717) is 13.0 Å². The number of carbonyl (C=O) groups excluding carboxylic acids is 1. The summed E-state index contributed by atoms with van der Waals surface area (Å²) in [6.07, 6.45) is 27.1. The number of hydrogen-bond donors (Lipinski definition) is 2. The van der Waals surface area contributed by atoms with Crippen molar-refractivity contribution in [3.8, 4) is 0 Å². The number of unbranched alkanes of at least 4 members (excludes halogenated alkanes) is 14. The Hall–Kier alpha value is -0.610. The number of esters is 1. The molecule has 0 spiro atoms. The summed E-state index contributed by atoms with van der Waals surface area (Å²) in [6.45, 7) is 7.37. The molecule has 4 nitrogen and oxygen atoms in total. The lowest BCUT2D eigenvalue weighted by molar-refractivity contribution is -0.144. The zero-order valence-electron chi connectivity index (χ0n) is 23.2. The van der Waals surface area contributed by atoms with Crippen LogP contribution in [-0.4, -0.2) is 37.4 Å². The van der Waals surface area contributed by atoms with Crippen LogP contribution >= 0.6 is 0 Å². The second-order valence-electron chi connectivity index (χ2n) is 10.3. The molecule has 0 atom stereocenters. The Labute approximate surface area is 213 Å². The van der Waals surface area contributed by atoms with Gasteiger partial charge >= 0.3 is 5.97 Å². The highest BCUT2D eigenvalue weighted by Gasteiger charge is 2.11. The lowest BCUT2D eigenvalue weighted by Gasteiger charge is -2.17. The standard InChI is InChI=1S/C30H61NO3/c1-3-5-7-9-12-16-21-29(22-17-13-10-8-6-4-2)24-28-34-30(33)23-18-14-11-15-19-25-31-26-20-27-32/h29,31-32H,3-28H2,1-2H3. The van der Waals surface area contributed by atoms with E-state index < -0.39 is 0 Å². The molecule has 204 valence electrons. The molecule has 0 aromatic rings. The number of aliphatic hydroxyl groups excluding tert-OH is 1. The van der Waals surface area contributed by atoms with E-state index in [0.717, 1.165) is 44.7 Å². The van der Waals surface area contributed by atoms with Gasteiger partial charge in [0.15, 0.2) is 0 Å². The number of hydrogen-bond acceptors (Lipinski definition) is 4. The summed E-state index contributed by atoms with van der Waals surface area (Å²) >= 11 is 0. The Kier molecular flexibility index (Phi) is 28.1. The molecule has 0 unspecified atom stereocenters. The molecule has 0 radical (unpaired) electrons. The van der Waals surface area contributed by atoms with Crippen LogP contribution in [0.2, 0.25) is 0 Å². The zero-order valence-corrected chi connectivity index (χ0v) is 23.2. The van der Waals surface area contributed by atoms with Crippen LogP contribution < -0.4 is 5.32 Å². The van der Waals surface area contributed by atoms with Crippen molar-refractivity contribution >= 4 is 5.97 Å². The minimum atomic E-state index is 0.00329. The Morgan fingerprint density at radius 3 is 1.74 bits per heavy atom. The predicted octanol–water partition coefficient (Wildman–Crippen LogP) is 8.35. The van der Waals surface area contributed by atoms with Gasteiger partial charge in [0.1, 0.15) is 0 Å². The molecule has 0 amide bonds. The molecule has 0 heterocycles. The minimum absolute atomic E-state index is 0.00329. The topological polar surface area (TPSA) is 58.6 Å². The zero-order chi connectivity index (χ0) is 25.0. The maximum Gasteiger partial charge on any atom is 0.305 e. The van der Waals surface area contributed by atoms with Crippen molar-refractivity contribution in [3.63, 3.8) is 0 Å². The minimum Gasteiger partial charge on any atom is -0.466 e. The summed E-state index contributed by atoms with van der Waals surface area (Å²) < 4.78 is 5.60. The lowest BCUT2D eigenvalue weighted by Crippen LogP contribution is -2.17. The Balaban J connectivity index is 3.84. The van der Waals surface area contributed by atoms with Crippen molar-refractivity contribution in [2.75, 3.05) is 26.3 Å². The van der Waals surface area contributed by atoms with E-state index in [1.165, 1.54) is 109 Å². The third-order valence-electron chi connectivity index (χ3n) is 6.97. The average molecular weight is 484 g/mol. The predicted molar refractivity (Wildman–Crippen MR) is 147 cm³/mol. The van der Waals surface area contributed by atoms with E-state index >= 15 is 0 Å². The highest BCUT2D eigenvalue weighted by Crippen LogP contribution is 2.22. The normalized spacial score (nSPS) is 11.4. The monoisotopic (exact) mass is 483 g/mol. The van der Waals surface area contributed by atoms with Crippen molar-refractivity contribution < 1.29 is 14.6 Å². The number of aliphatic hydroxyl groups is 1. The van der Waals surface area contributed by atoms with E-state index in [4.69, 9.17) is 9.84 Å². The highest BCUT2D eigenvalue weighted by molar-refractivity contribution is 5.69. The van der Waals surface area contributed by atoms with Gasteiger partial charge in [-0.05, 0) is 44.7 Å². The molecule has 0 bridgehead atoms. The summed E-state index contributed by atoms with van der Waals surface area (Å²) in [7, 11) is 0. The largest absolute Gasteiger partial charge is 0.466 e. The van der Waals surface area contributed by atoms with E-state index in [1.54, 1.807) is 0 Å². The first-order chi connectivity index (χ1) is 16.7. The molecule has 2 N–H and O–H groups in total. The molecule has 0 saturated heterocycles. The Bertz CT molecular complexity index is 387. The molecule has 0 fully saturated rings. The fraction of sp³-hybridized carbons (Fsp3) is 0.967. The molecule has 0 aliphatic rings. The molecular formula is C30H61NO3. The van der Waals surface area contributed by atoms with Gasteiger partial charge in [0.05, 0.1) is 6.61 Å². The van der Waals surface area contributed by atoms with Crippen LogP contribution in [0.3, 0.4) is 0 Å². The van der Waals surface area contributed by atoms with Crippen LogP contribution in [0.15, 0.2) is 0 Å². The molecular weight excluding hydrogens is 422 g/mol. The molecule has 34 heavy (non-hydrogen) atoms. The molecule has 0 aromatic heterocycles. The Morgan fingerprint density at radius 1 is 0.647 bits per heavy atom. The quantitative estimate of drug-likeness (QED) is 0.0867. The number of ether oxygens (including phenoxy) is 1. The molecule has 0 saturated carbocycles. The number of carbonyl (C=O) groups is 1. The van der Waals surface area contributed by atoms with Gasteiger partial charge in [-0.15, -0.1) is 0 Å². The van der Waals surface area contributed by atoms with Crippen molar-refractivity contribution in [1.29, 1.82) is 0 Å². The third-order valence-corrected chi connectivity index (χ3v) is 6.97. The summed E-state index contributed by atoms with van der Waals surface area (Å²) in [6, 6.07) is 0. The lowest BCUT2D eigenvalue weighted by atomic mass is 9.91. The fourth-order valence-electron chi connectivity index (χ4n) is 4.65. The fourth-order valence-corrected chi connectivity index (χ4v) is 4.65. The molecule has 0 rings (SSSR count). The van der Waals surface area contributed by atoms with Gasteiger partial charge in [-0.3, -0.25) is 4.79 Å². The van der Waals surface area contributed by atoms with E-state index in [-0.39, 0.29) is 12.6 Å². The maximum absolute atomic E-state index is 12.1. The average Bonchev–Trinajstić information content (AvgIpc) is 2.84. The first kappa shape index (κ1) is 33.4. The second-order valence-corrected chi connectivity index (χ2v) is 10.3. The number of rotatable bonds is 28. The summed E-state index contributed by atoms with van der Waals surface area (Å²) in [5.74, 6) is 0.736. The van der Waals surface area contributed by atoms with Crippen molar-refractivity contribution in [2.45, 2.75) is 155 Å². The van der Waals surface area contributed by atoms with Crippen LogP contribution in [0, 0.1) is 5.92 Å². The number of nitrogens with one attached hydrogen (secondary N) is 1. The summed E-state index contributed by atoms with van der Waals surface area (Å²) in [5, 5.41) is 12.1. The van der Waals surface area contributed by atoms with E-state index in [2.05, 4.69) is 19.2 Å². The van der Waals surface area contributed by atoms with Gasteiger partial charge < -0.3 is 15.2 Å². The molecule has 0 aromatic carbocycles. The van der Waals surface area contributed by atoms with Crippen molar-refractivity contribution in [1.82, 2.24) is 5.32 Å². The van der Waals surface area contributed by atoms with E-state index in [1.807, 2.05) is 0 Å².